The molecule has 0 bridgehead atoms. The average molecular weight is 386 g/mol. The molecule has 0 amide bonds. The van der Waals surface area contributed by atoms with Crippen LogP contribution in [0.5, 0.6) is 0 Å². The van der Waals surface area contributed by atoms with Crippen molar-refractivity contribution >= 4 is 28.2 Å². The number of thiazole rings is 1. The SMILES string of the molecule is CN1CCN(c2nccc(N3CCN(c4nc5c(s4)CCC5)CC3)n2)CC1. The molecule has 5 rings (SSSR count). The maximum Gasteiger partial charge on any atom is 0.227 e. The Bertz CT molecular complexity index is 770. The lowest BCUT2D eigenvalue weighted by atomic mass is 10.3. The first-order valence-electron chi connectivity index (χ1n) is 10.0. The van der Waals surface area contributed by atoms with Crippen molar-refractivity contribution in [3.05, 3.63) is 22.8 Å². The van der Waals surface area contributed by atoms with Crippen molar-refractivity contribution in [2.75, 3.05) is 74.1 Å². The van der Waals surface area contributed by atoms with E-state index in [-0.39, 0.29) is 0 Å². The summed E-state index contributed by atoms with van der Waals surface area (Å²) < 4.78 is 0. The quantitative estimate of drug-likeness (QED) is 0.794. The van der Waals surface area contributed by atoms with Gasteiger partial charge in [0.15, 0.2) is 5.13 Å². The topological polar surface area (TPSA) is 51.6 Å². The van der Waals surface area contributed by atoms with Crippen LogP contribution in [0, 0.1) is 0 Å². The minimum atomic E-state index is 0.874. The first-order valence-corrected chi connectivity index (χ1v) is 10.8. The average Bonchev–Trinajstić information content (AvgIpc) is 3.31. The van der Waals surface area contributed by atoms with Crippen LogP contribution in [0.15, 0.2) is 12.3 Å². The second-order valence-electron chi connectivity index (χ2n) is 7.70. The summed E-state index contributed by atoms with van der Waals surface area (Å²) in [6, 6.07) is 2.05. The summed E-state index contributed by atoms with van der Waals surface area (Å²) in [5.74, 6) is 1.93. The normalized spacial score (nSPS) is 21.0. The van der Waals surface area contributed by atoms with Gasteiger partial charge < -0.3 is 19.6 Å². The molecule has 0 atom stereocenters. The van der Waals surface area contributed by atoms with Crippen LogP contribution >= 0.6 is 11.3 Å². The molecule has 3 aliphatic rings. The number of hydrogen-bond donors (Lipinski definition) is 0. The van der Waals surface area contributed by atoms with Gasteiger partial charge in [-0.2, -0.15) is 4.98 Å². The number of fused-ring (bicyclic) bond motifs is 1. The second-order valence-corrected chi connectivity index (χ2v) is 8.76. The van der Waals surface area contributed by atoms with Gasteiger partial charge in [0.05, 0.1) is 5.69 Å². The number of likely N-dealkylation sites (N-methyl/N-ethyl adjacent to an activating group) is 1. The van der Waals surface area contributed by atoms with Crippen LogP contribution in [0.4, 0.5) is 16.9 Å². The smallest absolute Gasteiger partial charge is 0.227 e. The van der Waals surface area contributed by atoms with E-state index in [0.717, 1.165) is 64.1 Å². The zero-order valence-electron chi connectivity index (χ0n) is 16.0. The van der Waals surface area contributed by atoms with Gasteiger partial charge in [0, 0.05) is 63.4 Å². The predicted molar refractivity (Wildman–Crippen MR) is 110 cm³/mol. The summed E-state index contributed by atoms with van der Waals surface area (Å²) in [6.45, 7) is 8.16. The van der Waals surface area contributed by atoms with Crippen molar-refractivity contribution in [1.29, 1.82) is 0 Å². The van der Waals surface area contributed by atoms with Crippen LogP contribution in [-0.2, 0) is 12.8 Å². The van der Waals surface area contributed by atoms with Crippen molar-refractivity contribution in [2.24, 2.45) is 0 Å². The molecule has 0 spiro atoms. The summed E-state index contributed by atoms with van der Waals surface area (Å²) in [7, 11) is 2.17. The van der Waals surface area contributed by atoms with Crippen molar-refractivity contribution in [3.8, 4) is 0 Å². The molecule has 0 unspecified atom stereocenters. The van der Waals surface area contributed by atoms with Gasteiger partial charge in [0.1, 0.15) is 5.82 Å². The summed E-state index contributed by atoms with van der Waals surface area (Å²) >= 11 is 1.91. The highest BCUT2D eigenvalue weighted by Gasteiger charge is 2.24. The van der Waals surface area contributed by atoms with Gasteiger partial charge in [0.2, 0.25) is 5.95 Å². The maximum atomic E-state index is 4.88. The van der Waals surface area contributed by atoms with E-state index >= 15 is 0 Å². The third-order valence-electron chi connectivity index (χ3n) is 5.87. The Hall–Kier alpha value is -1.93. The van der Waals surface area contributed by atoms with Gasteiger partial charge in [-0.3, -0.25) is 0 Å². The van der Waals surface area contributed by atoms with Crippen LogP contribution in [0.25, 0.3) is 0 Å². The van der Waals surface area contributed by atoms with E-state index in [0.29, 0.717) is 0 Å². The zero-order valence-corrected chi connectivity index (χ0v) is 16.8. The fourth-order valence-corrected chi connectivity index (χ4v) is 5.31. The molecule has 0 aromatic carbocycles. The Labute approximate surface area is 164 Å². The number of nitrogens with zero attached hydrogens (tertiary/aromatic N) is 7. The van der Waals surface area contributed by atoms with Crippen molar-refractivity contribution in [3.63, 3.8) is 0 Å². The number of aryl methyl sites for hydroxylation is 2. The molecular weight excluding hydrogens is 358 g/mol. The lowest BCUT2D eigenvalue weighted by molar-refractivity contribution is 0.311. The zero-order chi connectivity index (χ0) is 18.2. The molecule has 8 heteroatoms. The van der Waals surface area contributed by atoms with Crippen molar-refractivity contribution < 1.29 is 0 Å². The third kappa shape index (κ3) is 3.48. The standard InChI is InChI=1S/C19H27N7S/c1-23-7-9-25(10-8-23)18-20-6-5-17(22-18)24-11-13-26(14-12-24)19-21-15-3-2-4-16(15)27-19/h5-6H,2-4,7-14H2,1H3. The van der Waals surface area contributed by atoms with Crippen LogP contribution in [-0.4, -0.2) is 79.3 Å². The first-order chi connectivity index (χ1) is 13.3. The molecule has 2 saturated heterocycles. The van der Waals surface area contributed by atoms with E-state index in [9.17, 15) is 0 Å². The van der Waals surface area contributed by atoms with Crippen LogP contribution in [0.2, 0.25) is 0 Å². The molecule has 7 nitrogen and oxygen atoms in total. The monoisotopic (exact) mass is 385 g/mol. The van der Waals surface area contributed by atoms with Gasteiger partial charge in [-0.05, 0) is 32.4 Å². The molecule has 27 heavy (non-hydrogen) atoms. The van der Waals surface area contributed by atoms with E-state index in [2.05, 4.69) is 31.6 Å². The number of rotatable bonds is 3. The molecule has 1 aliphatic carbocycles. The number of aromatic nitrogens is 3. The molecule has 144 valence electrons. The Morgan fingerprint density at radius 3 is 2.37 bits per heavy atom. The van der Waals surface area contributed by atoms with E-state index in [1.54, 1.807) is 0 Å². The molecule has 0 N–H and O–H groups in total. The van der Waals surface area contributed by atoms with Gasteiger partial charge in [-0.25, -0.2) is 9.97 Å². The largest absolute Gasteiger partial charge is 0.353 e. The number of hydrogen-bond acceptors (Lipinski definition) is 8. The highest BCUT2D eigenvalue weighted by atomic mass is 32.1. The summed E-state index contributed by atoms with van der Waals surface area (Å²) in [5.41, 5.74) is 1.35. The molecular formula is C19H27N7S. The Morgan fingerprint density at radius 2 is 1.59 bits per heavy atom. The minimum Gasteiger partial charge on any atom is -0.353 e. The van der Waals surface area contributed by atoms with Gasteiger partial charge in [-0.1, -0.05) is 0 Å². The van der Waals surface area contributed by atoms with Crippen molar-refractivity contribution in [2.45, 2.75) is 19.3 Å². The lowest BCUT2D eigenvalue weighted by Crippen LogP contribution is -2.47. The summed E-state index contributed by atoms with van der Waals surface area (Å²) in [4.78, 5) is 25.3. The predicted octanol–water partition coefficient (Wildman–Crippen LogP) is 1.50. The Balaban J connectivity index is 1.23. The molecule has 0 saturated carbocycles. The summed E-state index contributed by atoms with van der Waals surface area (Å²) in [5, 5.41) is 1.22. The molecule has 2 aromatic heterocycles. The fraction of sp³-hybridized carbons (Fsp3) is 0.632. The fourth-order valence-electron chi connectivity index (χ4n) is 4.11. The number of anilines is 3. The van der Waals surface area contributed by atoms with Crippen LogP contribution in [0.3, 0.4) is 0 Å². The molecule has 2 aliphatic heterocycles. The summed E-state index contributed by atoms with van der Waals surface area (Å²) in [6.07, 6.45) is 5.59. The Morgan fingerprint density at radius 1 is 0.852 bits per heavy atom. The van der Waals surface area contributed by atoms with E-state index < -0.39 is 0 Å². The third-order valence-corrected chi connectivity index (χ3v) is 7.09. The molecule has 2 aromatic rings. The highest BCUT2D eigenvalue weighted by Crippen LogP contribution is 2.33. The Kier molecular flexibility index (Phi) is 4.61. The molecule has 2 fully saturated rings. The van der Waals surface area contributed by atoms with Gasteiger partial charge in [0.25, 0.3) is 0 Å². The molecule has 4 heterocycles. The van der Waals surface area contributed by atoms with Crippen molar-refractivity contribution in [1.82, 2.24) is 19.9 Å². The molecule has 0 radical (unpaired) electrons. The second kappa shape index (κ2) is 7.24. The van der Waals surface area contributed by atoms with E-state index in [1.165, 1.54) is 35.0 Å². The van der Waals surface area contributed by atoms with Gasteiger partial charge in [-0.15, -0.1) is 11.3 Å². The first kappa shape index (κ1) is 17.2. The van der Waals surface area contributed by atoms with E-state index in [4.69, 9.17) is 9.97 Å². The number of piperazine rings is 2. The maximum absolute atomic E-state index is 4.88. The minimum absolute atomic E-state index is 0.874. The van der Waals surface area contributed by atoms with Gasteiger partial charge >= 0.3 is 0 Å². The van der Waals surface area contributed by atoms with Crippen LogP contribution < -0.4 is 14.7 Å². The highest BCUT2D eigenvalue weighted by molar-refractivity contribution is 7.15. The van der Waals surface area contributed by atoms with Crippen LogP contribution in [0.1, 0.15) is 17.0 Å². The van der Waals surface area contributed by atoms with E-state index in [1.807, 2.05) is 23.6 Å². The lowest BCUT2D eigenvalue weighted by Gasteiger charge is -2.36.